The molecule has 0 spiro atoms. The average molecular weight is 289 g/mol. The summed E-state index contributed by atoms with van der Waals surface area (Å²) < 4.78 is 5.01. The molecule has 0 saturated heterocycles. The van der Waals surface area contributed by atoms with E-state index >= 15 is 0 Å². The molecule has 2 rings (SSSR count). The molecule has 6 nitrogen and oxygen atoms in total. The number of carbonyl (C=O) groups is 2. The second-order valence-corrected chi connectivity index (χ2v) is 4.73. The molecule has 21 heavy (non-hydrogen) atoms. The van der Waals surface area contributed by atoms with E-state index in [4.69, 9.17) is 4.74 Å². The molecule has 2 amide bonds. The van der Waals surface area contributed by atoms with Crippen LogP contribution in [0, 0.1) is 5.92 Å². The molecule has 1 aromatic rings. The number of amides is 2. The maximum absolute atomic E-state index is 11.8. The summed E-state index contributed by atoms with van der Waals surface area (Å²) in [5, 5.41) is 6.72. The number of benzene rings is 1. The Kier molecular flexibility index (Phi) is 5.31. The molecule has 1 unspecified atom stereocenters. The Hall–Kier alpha value is -2.37. The minimum absolute atomic E-state index is 0.265. The van der Waals surface area contributed by atoms with Crippen LogP contribution in [0.3, 0.4) is 0 Å². The third kappa shape index (κ3) is 4.30. The molecular formula is C15H19N3O3. The number of carbonyl (C=O) groups excluding carboxylic acids is 2. The Morgan fingerprint density at radius 2 is 2.10 bits per heavy atom. The zero-order chi connectivity index (χ0) is 15.1. The number of hydrogen-bond acceptors (Lipinski definition) is 4. The Labute approximate surface area is 123 Å². The van der Waals surface area contributed by atoms with Gasteiger partial charge in [0.1, 0.15) is 0 Å². The largest absolute Gasteiger partial charge is 0.465 e. The molecule has 1 aromatic carbocycles. The van der Waals surface area contributed by atoms with Gasteiger partial charge in [-0.1, -0.05) is 18.2 Å². The fraction of sp³-hybridized carbons (Fsp3) is 0.400. The van der Waals surface area contributed by atoms with E-state index in [1.807, 2.05) is 18.2 Å². The van der Waals surface area contributed by atoms with Gasteiger partial charge in [-0.2, -0.15) is 5.10 Å². The van der Waals surface area contributed by atoms with Crippen molar-refractivity contribution in [2.24, 2.45) is 11.0 Å². The van der Waals surface area contributed by atoms with E-state index in [2.05, 4.69) is 15.8 Å². The fourth-order valence-corrected chi connectivity index (χ4v) is 2.26. The Morgan fingerprint density at radius 3 is 2.81 bits per heavy atom. The van der Waals surface area contributed by atoms with Crippen LogP contribution in [0.1, 0.15) is 26.2 Å². The highest BCUT2D eigenvalue weighted by Crippen LogP contribution is 2.23. The van der Waals surface area contributed by atoms with Gasteiger partial charge in [0.15, 0.2) is 0 Å². The first-order chi connectivity index (χ1) is 10.2. The molecule has 1 atom stereocenters. The van der Waals surface area contributed by atoms with E-state index in [0.29, 0.717) is 24.4 Å². The summed E-state index contributed by atoms with van der Waals surface area (Å²) in [6.45, 7) is 2.12. The summed E-state index contributed by atoms with van der Waals surface area (Å²) in [5.41, 5.74) is 3.79. The second-order valence-electron chi connectivity index (χ2n) is 4.73. The van der Waals surface area contributed by atoms with Crippen LogP contribution in [-0.4, -0.2) is 24.3 Å². The van der Waals surface area contributed by atoms with E-state index in [0.717, 1.165) is 12.8 Å². The van der Waals surface area contributed by atoms with Crippen molar-refractivity contribution >= 4 is 23.4 Å². The lowest BCUT2D eigenvalue weighted by molar-refractivity contribution is -0.145. The number of nitrogens with zero attached hydrogens (tertiary/aromatic N) is 1. The monoisotopic (exact) mass is 289 g/mol. The van der Waals surface area contributed by atoms with Crippen LogP contribution >= 0.6 is 0 Å². The topological polar surface area (TPSA) is 79.8 Å². The number of hydrazone groups is 1. The van der Waals surface area contributed by atoms with Crippen LogP contribution < -0.4 is 10.7 Å². The summed E-state index contributed by atoms with van der Waals surface area (Å²) in [6, 6.07) is 8.66. The van der Waals surface area contributed by atoms with Crippen molar-refractivity contribution in [1.82, 2.24) is 5.43 Å². The molecule has 0 aromatic heterocycles. The molecule has 0 radical (unpaired) electrons. The van der Waals surface area contributed by atoms with E-state index in [1.54, 1.807) is 19.1 Å². The van der Waals surface area contributed by atoms with E-state index in [9.17, 15) is 9.59 Å². The van der Waals surface area contributed by atoms with Crippen molar-refractivity contribution in [2.45, 2.75) is 26.2 Å². The predicted molar refractivity (Wildman–Crippen MR) is 80.0 cm³/mol. The van der Waals surface area contributed by atoms with Gasteiger partial charge >= 0.3 is 12.0 Å². The number of rotatable bonds is 4. The molecule has 0 aliphatic heterocycles. The Bertz CT molecular complexity index is 528. The zero-order valence-corrected chi connectivity index (χ0v) is 12.0. The van der Waals surface area contributed by atoms with Crippen molar-refractivity contribution in [3.05, 3.63) is 30.3 Å². The number of nitrogens with one attached hydrogen (secondary N) is 2. The van der Waals surface area contributed by atoms with E-state index in [-0.39, 0.29) is 11.9 Å². The van der Waals surface area contributed by atoms with Crippen molar-refractivity contribution in [1.29, 1.82) is 0 Å². The molecular weight excluding hydrogens is 270 g/mol. The number of hydrogen-bond donors (Lipinski definition) is 2. The fourth-order valence-electron chi connectivity index (χ4n) is 2.26. The van der Waals surface area contributed by atoms with Gasteiger partial charge in [0.05, 0.1) is 18.2 Å². The number of urea groups is 1. The lowest BCUT2D eigenvalue weighted by Crippen LogP contribution is -2.28. The highest BCUT2D eigenvalue weighted by Gasteiger charge is 2.30. The molecule has 112 valence electrons. The first-order valence-corrected chi connectivity index (χ1v) is 7.06. The van der Waals surface area contributed by atoms with Gasteiger partial charge in [0, 0.05) is 5.69 Å². The van der Waals surface area contributed by atoms with Gasteiger partial charge in [-0.15, -0.1) is 0 Å². The van der Waals surface area contributed by atoms with Gasteiger partial charge in [0.25, 0.3) is 0 Å². The van der Waals surface area contributed by atoms with Gasteiger partial charge in [0.2, 0.25) is 0 Å². The Morgan fingerprint density at radius 1 is 1.33 bits per heavy atom. The quantitative estimate of drug-likeness (QED) is 0.660. The summed E-state index contributed by atoms with van der Waals surface area (Å²) in [4.78, 5) is 23.5. The van der Waals surface area contributed by atoms with Gasteiger partial charge < -0.3 is 10.1 Å². The van der Waals surface area contributed by atoms with Gasteiger partial charge in [-0.3, -0.25) is 4.79 Å². The number of para-hydroxylation sites is 1. The predicted octanol–water partition coefficient (Wildman–Crippen LogP) is 2.53. The Balaban J connectivity index is 1.90. The second kappa shape index (κ2) is 7.42. The number of esters is 1. The van der Waals surface area contributed by atoms with E-state index in [1.165, 1.54) is 0 Å². The molecule has 2 N–H and O–H groups in total. The van der Waals surface area contributed by atoms with Gasteiger partial charge in [-0.05, 0) is 38.3 Å². The van der Waals surface area contributed by atoms with Crippen LogP contribution in [0.4, 0.5) is 10.5 Å². The molecule has 1 saturated carbocycles. The maximum Gasteiger partial charge on any atom is 0.339 e. The van der Waals surface area contributed by atoms with Crippen LogP contribution in [0.2, 0.25) is 0 Å². The van der Waals surface area contributed by atoms with Crippen LogP contribution in [-0.2, 0) is 9.53 Å². The smallest absolute Gasteiger partial charge is 0.339 e. The molecule has 0 bridgehead atoms. The van der Waals surface area contributed by atoms with Crippen molar-refractivity contribution in [3.8, 4) is 0 Å². The highest BCUT2D eigenvalue weighted by molar-refractivity contribution is 6.04. The normalized spacial score (nSPS) is 19.3. The minimum Gasteiger partial charge on any atom is -0.465 e. The van der Waals surface area contributed by atoms with Crippen LogP contribution in [0.15, 0.2) is 35.4 Å². The van der Waals surface area contributed by atoms with Crippen molar-refractivity contribution < 1.29 is 14.3 Å². The van der Waals surface area contributed by atoms with Crippen molar-refractivity contribution in [2.75, 3.05) is 11.9 Å². The molecule has 1 aliphatic carbocycles. The van der Waals surface area contributed by atoms with E-state index < -0.39 is 6.03 Å². The lowest BCUT2D eigenvalue weighted by Gasteiger charge is -2.10. The summed E-state index contributed by atoms with van der Waals surface area (Å²) >= 11 is 0. The lowest BCUT2D eigenvalue weighted by atomic mass is 10.1. The molecule has 1 aliphatic rings. The summed E-state index contributed by atoms with van der Waals surface area (Å²) in [5.74, 6) is -0.596. The number of ether oxygens (including phenoxy) is 1. The maximum atomic E-state index is 11.8. The van der Waals surface area contributed by atoms with Crippen LogP contribution in [0.5, 0.6) is 0 Å². The van der Waals surface area contributed by atoms with Gasteiger partial charge in [-0.25, -0.2) is 10.2 Å². The zero-order valence-electron chi connectivity index (χ0n) is 12.0. The SMILES string of the molecule is CCOC(=O)C1CCC/C1=N\NC(=O)Nc1ccccc1. The highest BCUT2D eigenvalue weighted by atomic mass is 16.5. The molecule has 0 heterocycles. The first kappa shape index (κ1) is 15.0. The third-order valence-corrected chi connectivity index (χ3v) is 3.23. The summed E-state index contributed by atoms with van der Waals surface area (Å²) in [7, 11) is 0. The first-order valence-electron chi connectivity index (χ1n) is 7.06. The van der Waals surface area contributed by atoms with Crippen LogP contribution in [0.25, 0.3) is 0 Å². The summed E-state index contributed by atoms with van der Waals surface area (Å²) in [6.07, 6.45) is 2.30. The molecule has 1 fully saturated rings. The number of anilines is 1. The minimum atomic E-state index is -0.428. The third-order valence-electron chi connectivity index (χ3n) is 3.23. The van der Waals surface area contributed by atoms with Crippen molar-refractivity contribution in [3.63, 3.8) is 0 Å². The molecule has 6 heteroatoms. The standard InChI is InChI=1S/C15H19N3O3/c1-2-21-14(19)12-9-6-10-13(12)17-18-15(20)16-11-7-4-3-5-8-11/h3-5,7-8,12H,2,6,9-10H2,1H3,(H2,16,18,20)/b17-13+. The average Bonchev–Trinajstić information content (AvgIpc) is 2.95.